The van der Waals surface area contributed by atoms with Crippen LogP contribution in [0.2, 0.25) is 0 Å². The molecule has 1 aliphatic rings. The molecule has 138 valence electrons. The van der Waals surface area contributed by atoms with Crippen LogP contribution in [0.5, 0.6) is 0 Å². The van der Waals surface area contributed by atoms with Crippen LogP contribution < -0.4 is 0 Å². The maximum absolute atomic E-state index is 14.3. The summed E-state index contributed by atoms with van der Waals surface area (Å²) in [5.74, 6) is -0.271. The summed E-state index contributed by atoms with van der Waals surface area (Å²) in [6.45, 7) is 2.96. The monoisotopic (exact) mass is 375 g/mol. The molecular weight excluding hydrogens is 353 g/mol. The first-order chi connectivity index (χ1) is 12.6. The molecule has 1 saturated heterocycles. The quantitative estimate of drug-likeness (QED) is 0.462. The molecule has 0 radical (unpaired) electrons. The van der Waals surface area contributed by atoms with Gasteiger partial charge < -0.3 is 14.7 Å². The van der Waals surface area contributed by atoms with E-state index in [9.17, 15) is 4.39 Å². The Morgan fingerprint density at radius 3 is 2.46 bits per heavy atom. The fourth-order valence-corrected chi connectivity index (χ4v) is 4.06. The van der Waals surface area contributed by atoms with Crippen molar-refractivity contribution in [2.45, 2.75) is 35.2 Å². The highest BCUT2D eigenvalue weighted by atomic mass is 32.2. The molecule has 26 heavy (non-hydrogen) atoms. The average Bonchev–Trinajstić information content (AvgIpc) is 2.68. The van der Waals surface area contributed by atoms with Crippen LogP contribution in [-0.2, 0) is 15.1 Å². The molecule has 0 aliphatic carbocycles. The minimum absolute atomic E-state index is 0.271. The Balaban J connectivity index is 1.86. The van der Waals surface area contributed by atoms with Gasteiger partial charge in [0, 0.05) is 43.0 Å². The highest BCUT2D eigenvalue weighted by Gasteiger charge is 2.35. The van der Waals surface area contributed by atoms with Gasteiger partial charge in [-0.25, -0.2) is 4.39 Å². The van der Waals surface area contributed by atoms with Gasteiger partial charge in [-0.2, -0.15) is 0 Å². The van der Waals surface area contributed by atoms with Crippen LogP contribution in [0, 0.1) is 5.82 Å². The van der Waals surface area contributed by atoms with Gasteiger partial charge >= 0.3 is 0 Å². The molecular formula is C20H22FNO3S. The van der Waals surface area contributed by atoms with Crippen LogP contribution in [0.1, 0.15) is 30.9 Å². The summed E-state index contributed by atoms with van der Waals surface area (Å²) in [6.07, 6.45) is 1.43. The topological polar surface area (TPSA) is 51.0 Å². The van der Waals surface area contributed by atoms with Crippen molar-refractivity contribution in [3.63, 3.8) is 0 Å². The number of halogens is 1. The van der Waals surface area contributed by atoms with Gasteiger partial charge in [0.25, 0.3) is 0 Å². The predicted octanol–water partition coefficient (Wildman–Crippen LogP) is 4.83. The number of methoxy groups -OCH3 is 1. The molecule has 1 heterocycles. The number of benzene rings is 2. The molecule has 0 spiro atoms. The highest BCUT2D eigenvalue weighted by molar-refractivity contribution is 7.99. The van der Waals surface area contributed by atoms with Crippen LogP contribution in [0.3, 0.4) is 0 Å². The lowest BCUT2D eigenvalue weighted by Crippen LogP contribution is -2.35. The van der Waals surface area contributed by atoms with E-state index in [1.807, 2.05) is 30.3 Å². The van der Waals surface area contributed by atoms with Crippen molar-refractivity contribution >= 4 is 17.5 Å². The second kappa shape index (κ2) is 8.20. The van der Waals surface area contributed by atoms with E-state index in [1.54, 1.807) is 20.1 Å². The third kappa shape index (κ3) is 4.09. The molecule has 4 nitrogen and oxygen atoms in total. The van der Waals surface area contributed by atoms with E-state index in [-0.39, 0.29) is 5.82 Å². The largest absolute Gasteiger partial charge is 0.411 e. The maximum Gasteiger partial charge on any atom is 0.124 e. The van der Waals surface area contributed by atoms with Gasteiger partial charge in [0.05, 0.1) is 11.3 Å². The van der Waals surface area contributed by atoms with E-state index >= 15 is 0 Å². The van der Waals surface area contributed by atoms with Crippen molar-refractivity contribution in [1.82, 2.24) is 0 Å². The van der Waals surface area contributed by atoms with Crippen LogP contribution in [0.25, 0.3) is 0 Å². The third-order valence-corrected chi connectivity index (χ3v) is 5.73. The van der Waals surface area contributed by atoms with Crippen LogP contribution in [0.4, 0.5) is 4.39 Å². The lowest BCUT2D eigenvalue weighted by atomic mass is 9.86. The maximum atomic E-state index is 14.3. The van der Waals surface area contributed by atoms with E-state index in [0.29, 0.717) is 31.8 Å². The molecule has 0 aromatic heterocycles. The summed E-state index contributed by atoms with van der Waals surface area (Å²) in [5, 5.41) is 12.0. The zero-order valence-electron chi connectivity index (χ0n) is 14.9. The summed E-state index contributed by atoms with van der Waals surface area (Å²) in [5.41, 5.74) is 1.76. The Kier molecular flexibility index (Phi) is 5.96. The number of hydrogen-bond donors (Lipinski definition) is 1. The Morgan fingerprint density at radius 1 is 1.15 bits per heavy atom. The molecule has 3 rings (SSSR count). The van der Waals surface area contributed by atoms with Gasteiger partial charge in [-0.3, -0.25) is 0 Å². The van der Waals surface area contributed by atoms with E-state index in [1.165, 1.54) is 17.8 Å². The lowest BCUT2D eigenvalue weighted by Gasteiger charge is -2.36. The van der Waals surface area contributed by atoms with Crippen molar-refractivity contribution in [2.75, 3.05) is 20.3 Å². The molecule has 2 aromatic rings. The SMILES string of the molecule is COC1(c2cc(F)cc(Sc3ccc(C(C)=NO)cc3)c2)CCOCC1. The normalized spacial score (nSPS) is 17.3. The van der Waals surface area contributed by atoms with Gasteiger partial charge in [-0.15, -0.1) is 0 Å². The Hall–Kier alpha value is -1.89. The first-order valence-corrected chi connectivity index (χ1v) is 9.29. The molecule has 1 fully saturated rings. The predicted molar refractivity (Wildman–Crippen MR) is 99.7 cm³/mol. The molecule has 6 heteroatoms. The Morgan fingerprint density at radius 2 is 1.85 bits per heavy atom. The molecule has 1 aliphatic heterocycles. The van der Waals surface area contributed by atoms with Gasteiger partial charge in [0.1, 0.15) is 5.82 Å². The van der Waals surface area contributed by atoms with Crippen LogP contribution >= 0.6 is 11.8 Å². The molecule has 0 amide bonds. The number of oxime groups is 1. The second-order valence-electron chi connectivity index (χ2n) is 6.30. The lowest BCUT2D eigenvalue weighted by molar-refractivity contribution is -0.0950. The number of ether oxygens (including phenoxy) is 2. The highest BCUT2D eigenvalue weighted by Crippen LogP contribution is 2.38. The van der Waals surface area contributed by atoms with Crippen LogP contribution in [-0.4, -0.2) is 31.2 Å². The number of rotatable bonds is 5. The fourth-order valence-electron chi connectivity index (χ4n) is 3.15. The minimum atomic E-state index is -0.492. The van der Waals surface area contributed by atoms with Gasteiger partial charge in [-0.1, -0.05) is 29.1 Å². The van der Waals surface area contributed by atoms with E-state index in [2.05, 4.69) is 5.16 Å². The number of hydrogen-bond acceptors (Lipinski definition) is 5. The summed E-state index contributed by atoms with van der Waals surface area (Å²) >= 11 is 1.49. The van der Waals surface area contributed by atoms with Crippen molar-refractivity contribution in [1.29, 1.82) is 0 Å². The molecule has 0 atom stereocenters. The van der Waals surface area contributed by atoms with Gasteiger partial charge in [0.2, 0.25) is 0 Å². The van der Waals surface area contributed by atoms with Crippen molar-refractivity contribution in [3.8, 4) is 0 Å². The smallest absolute Gasteiger partial charge is 0.124 e. The molecule has 0 saturated carbocycles. The van der Waals surface area contributed by atoms with Crippen molar-refractivity contribution in [3.05, 3.63) is 59.4 Å². The summed E-state index contributed by atoms with van der Waals surface area (Å²) in [7, 11) is 1.67. The summed E-state index contributed by atoms with van der Waals surface area (Å²) in [6, 6.07) is 12.7. The Labute approximate surface area is 157 Å². The molecule has 1 N–H and O–H groups in total. The summed E-state index contributed by atoms with van der Waals surface area (Å²) in [4.78, 5) is 1.80. The minimum Gasteiger partial charge on any atom is -0.411 e. The molecule has 0 bridgehead atoms. The zero-order chi connectivity index (χ0) is 18.6. The van der Waals surface area contributed by atoms with Gasteiger partial charge in [0.15, 0.2) is 0 Å². The summed E-state index contributed by atoms with van der Waals surface area (Å²) < 4.78 is 25.5. The Bertz CT molecular complexity index is 786. The van der Waals surface area contributed by atoms with Crippen molar-refractivity contribution in [2.24, 2.45) is 5.16 Å². The fraction of sp³-hybridized carbons (Fsp3) is 0.350. The third-order valence-electron chi connectivity index (χ3n) is 4.75. The van der Waals surface area contributed by atoms with Gasteiger partial charge in [-0.05, 0) is 48.4 Å². The number of nitrogens with zero attached hydrogens (tertiary/aromatic N) is 1. The molecule has 2 aromatic carbocycles. The van der Waals surface area contributed by atoms with E-state index in [4.69, 9.17) is 14.7 Å². The standard InChI is InChI=1S/C20H22FNO3S/c1-14(22-23)15-3-5-18(6-4-15)26-19-12-16(11-17(21)13-19)20(24-2)7-9-25-10-8-20/h3-6,11-13,23H,7-10H2,1-2H3. The first-order valence-electron chi connectivity index (χ1n) is 8.47. The van der Waals surface area contributed by atoms with E-state index < -0.39 is 5.60 Å². The van der Waals surface area contributed by atoms with E-state index in [0.717, 1.165) is 20.9 Å². The second-order valence-corrected chi connectivity index (χ2v) is 7.45. The van der Waals surface area contributed by atoms with Crippen LogP contribution in [0.15, 0.2) is 57.4 Å². The zero-order valence-corrected chi connectivity index (χ0v) is 15.7. The molecule has 0 unspecified atom stereocenters. The first kappa shape index (κ1) is 18.9. The van der Waals surface area contributed by atoms with Crippen molar-refractivity contribution < 1.29 is 19.1 Å². The average molecular weight is 375 g/mol.